The van der Waals surface area contributed by atoms with Crippen LogP contribution in [0.3, 0.4) is 0 Å². The lowest BCUT2D eigenvalue weighted by Gasteiger charge is -2.41. The first-order valence-corrected chi connectivity index (χ1v) is 10.8. The fourth-order valence-corrected chi connectivity index (χ4v) is 4.61. The van der Waals surface area contributed by atoms with Crippen molar-refractivity contribution < 1.29 is 9.84 Å². The molecule has 0 amide bonds. The van der Waals surface area contributed by atoms with Gasteiger partial charge in [0, 0.05) is 13.1 Å². The molecule has 2 heterocycles. The molecule has 0 saturated carbocycles. The van der Waals surface area contributed by atoms with Gasteiger partial charge in [-0.2, -0.15) is 0 Å². The monoisotopic (exact) mass is 371 g/mol. The molecule has 0 fully saturated rings. The number of hydrogen-bond donors (Lipinski definition) is 1. The number of nitrogens with zero attached hydrogens (tertiary/aromatic N) is 1. The molecule has 0 aromatic heterocycles. The molecule has 0 bridgehead atoms. The van der Waals surface area contributed by atoms with Crippen LogP contribution in [0.4, 0.5) is 0 Å². The van der Waals surface area contributed by atoms with Gasteiger partial charge in [0.2, 0.25) is 0 Å². The highest BCUT2D eigenvalue weighted by atomic mass is 16.5. The lowest BCUT2D eigenvalue weighted by atomic mass is 9.81. The van der Waals surface area contributed by atoms with Gasteiger partial charge in [-0.1, -0.05) is 39.5 Å². The van der Waals surface area contributed by atoms with Crippen molar-refractivity contribution in [3.8, 4) is 11.5 Å². The van der Waals surface area contributed by atoms with Crippen molar-refractivity contribution in [3.63, 3.8) is 0 Å². The highest BCUT2D eigenvalue weighted by Gasteiger charge is 2.38. The van der Waals surface area contributed by atoms with Gasteiger partial charge in [-0.15, -0.1) is 0 Å². The number of aryl methyl sites for hydroxylation is 1. The van der Waals surface area contributed by atoms with Gasteiger partial charge in [-0.05, 0) is 74.9 Å². The number of rotatable bonds is 7. The molecule has 27 heavy (non-hydrogen) atoms. The summed E-state index contributed by atoms with van der Waals surface area (Å²) in [4.78, 5) is 2.33. The van der Waals surface area contributed by atoms with Crippen molar-refractivity contribution in [2.45, 2.75) is 78.2 Å². The van der Waals surface area contributed by atoms with E-state index in [-0.39, 0.29) is 5.60 Å². The molecule has 1 aromatic rings. The molecule has 3 heteroatoms. The first kappa shape index (κ1) is 20.3. The number of fused-ring (bicyclic) bond motifs is 2. The van der Waals surface area contributed by atoms with Crippen molar-refractivity contribution in [1.29, 1.82) is 0 Å². The Labute approximate surface area is 165 Å². The fourth-order valence-electron chi connectivity index (χ4n) is 4.61. The zero-order chi connectivity index (χ0) is 19.6. The van der Waals surface area contributed by atoms with Gasteiger partial charge >= 0.3 is 0 Å². The summed E-state index contributed by atoms with van der Waals surface area (Å²) in [6.07, 6.45) is 8.43. The number of phenols is 1. The minimum Gasteiger partial charge on any atom is -0.507 e. The molecule has 0 saturated heterocycles. The van der Waals surface area contributed by atoms with E-state index in [0.29, 0.717) is 5.75 Å². The third-order valence-corrected chi connectivity index (χ3v) is 6.30. The molecule has 2 aliphatic rings. The molecule has 3 nitrogen and oxygen atoms in total. The summed E-state index contributed by atoms with van der Waals surface area (Å²) < 4.78 is 6.40. The van der Waals surface area contributed by atoms with Gasteiger partial charge in [-0.25, -0.2) is 0 Å². The van der Waals surface area contributed by atoms with Gasteiger partial charge < -0.3 is 14.7 Å². The Morgan fingerprint density at radius 1 is 1.22 bits per heavy atom. The number of aromatic hydroxyl groups is 1. The van der Waals surface area contributed by atoms with Crippen molar-refractivity contribution in [2.24, 2.45) is 5.92 Å². The number of likely N-dealkylation sites (N-methyl/N-ethyl adjacent to an activating group) is 1. The van der Waals surface area contributed by atoms with Crippen molar-refractivity contribution in [3.05, 3.63) is 28.8 Å². The summed E-state index contributed by atoms with van der Waals surface area (Å²) in [6, 6.07) is 4.15. The summed E-state index contributed by atoms with van der Waals surface area (Å²) in [6.45, 7) is 10.9. The molecule has 0 radical (unpaired) electrons. The maximum atomic E-state index is 10.8. The summed E-state index contributed by atoms with van der Waals surface area (Å²) >= 11 is 0. The predicted octanol–water partition coefficient (Wildman–Crippen LogP) is 5.80. The quantitative estimate of drug-likeness (QED) is 0.615. The average Bonchev–Trinajstić information content (AvgIpc) is 2.59. The maximum absolute atomic E-state index is 10.8. The molecule has 150 valence electrons. The molecule has 2 aliphatic heterocycles. The Kier molecular flexibility index (Phi) is 6.20. The van der Waals surface area contributed by atoms with E-state index in [9.17, 15) is 5.11 Å². The molecule has 1 aromatic carbocycles. The smallest absolute Gasteiger partial charge is 0.132 e. The van der Waals surface area contributed by atoms with E-state index in [1.54, 1.807) is 0 Å². The van der Waals surface area contributed by atoms with E-state index in [1.807, 2.05) is 6.07 Å². The third kappa shape index (κ3) is 4.51. The van der Waals surface area contributed by atoms with E-state index in [4.69, 9.17) is 4.74 Å². The number of ether oxygens (including phenoxy) is 1. The highest BCUT2D eigenvalue weighted by molar-refractivity contribution is 5.82. The average molecular weight is 372 g/mol. The largest absolute Gasteiger partial charge is 0.507 e. The van der Waals surface area contributed by atoms with Gasteiger partial charge in [-0.3, -0.25) is 0 Å². The van der Waals surface area contributed by atoms with Gasteiger partial charge in [0.05, 0.1) is 5.56 Å². The summed E-state index contributed by atoms with van der Waals surface area (Å²) in [5.41, 5.74) is 4.45. The van der Waals surface area contributed by atoms with Crippen LogP contribution in [0.2, 0.25) is 0 Å². The van der Waals surface area contributed by atoms with Crippen LogP contribution < -0.4 is 4.74 Å². The standard InChI is InChI=1S/C24H37NO2/c1-6-7-8-9-17(2)10-11-18-14-21(26)23-19-16-25(5)13-12-20(19)24(3,4)27-22(23)15-18/h14-15,17,26H,6-13,16H2,1-5H3. The van der Waals surface area contributed by atoms with E-state index in [0.717, 1.165) is 43.2 Å². The SMILES string of the molecule is CCCCCC(C)CCc1cc(O)c2c(c1)OC(C)(C)C1=C2CN(C)CC1. The zero-order valence-corrected chi connectivity index (χ0v) is 17.9. The molecule has 0 aliphatic carbocycles. The van der Waals surface area contributed by atoms with E-state index in [1.165, 1.54) is 48.8 Å². The number of benzene rings is 1. The van der Waals surface area contributed by atoms with Gasteiger partial charge in [0.25, 0.3) is 0 Å². The normalized spacial score (nSPS) is 20.0. The summed E-state index contributed by atoms with van der Waals surface area (Å²) in [5.74, 6) is 1.98. The minimum absolute atomic E-state index is 0.290. The second-order valence-corrected chi connectivity index (χ2v) is 9.18. The number of unbranched alkanes of at least 4 members (excludes halogenated alkanes) is 2. The van der Waals surface area contributed by atoms with Crippen LogP contribution in [0, 0.1) is 5.92 Å². The number of phenolic OH excluding ortho intramolecular Hbond substituents is 1. The van der Waals surface area contributed by atoms with Crippen LogP contribution in [-0.4, -0.2) is 35.7 Å². The van der Waals surface area contributed by atoms with Crippen molar-refractivity contribution in [2.75, 3.05) is 20.1 Å². The molecule has 0 spiro atoms. The van der Waals surface area contributed by atoms with Gasteiger partial charge in [0.15, 0.2) is 0 Å². The van der Waals surface area contributed by atoms with Crippen LogP contribution in [0.1, 0.15) is 77.3 Å². The topological polar surface area (TPSA) is 32.7 Å². The first-order valence-electron chi connectivity index (χ1n) is 10.8. The Bertz CT molecular complexity index is 705. The zero-order valence-electron chi connectivity index (χ0n) is 17.9. The number of hydrogen-bond acceptors (Lipinski definition) is 3. The van der Waals surface area contributed by atoms with Crippen LogP contribution in [-0.2, 0) is 6.42 Å². The van der Waals surface area contributed by atoms with E-state index in [2.05, 4.69) is 45.7 Å². The Hall–Kier alpha value is -1.48. The minimum atomic E-state index is -0.290. The predicted molar refractivity (Wildman–Crippen MR) is 113 cm³/mol. The Morgan fingerprint density at radius 2 is 2.00 bits per heavy atom. The summed E-state index contributed by atoms with van der Waals surface area (Å²) in [5, 5.41) is 10.8. The van der Waals surface area contributed by atoms with Crippen molar-refractivity contribution >= 4 is 5.57 Å². The third-order valence-electron chi connectivity index (χ3n) is 6.30. The second-order valence-electron chi connectivity index (χ2n) is 9.18. The first-order chi connectivity index (χ1) is 12.8. The molecular formula is C24H37NO2. The maximum Gasteiger partial charge on any atom is 0.132 e. The summed E-state index contributed by atoms with van der Waals surface area (Å²) in [7, 11) is 2.15. The van der Waals surface area contributed by atoms with Crippen LogP contribution in [0.15, 0.2) is 17.7 Å². The molecule has 1 unspecified atom stereocenters. The molecule has 1 atom stereocenters. The molecule has 1 N–H and O–H groups in total. The second kappa shape index (κ2) is 8.26. The van der Waals surface area contributed by atoms with Crippen LogP contribution >= 0.6 is 0 Å². The fraction of sp³-hybridized carbons (Fsp3) is 0.667. The lowest BCUT2D eigenvalue weighted by molar-refractivity contribution is 0.132. The molecular weight excluding hydrogens is 334 g/mol. The lowest BCUT2D eigenvalue weighted by Crippen LogP contribution is -2.41. The van der Waals surface area contributed by atoms with E-state index < -0.39 is 0 Å². The molecule has 3 rings (SSSR count). The van der Waals surface area contributed by atoms with Crippen LogP contribution in [0.5, 0.6) is 11.5 Å². The van der Waals surface area contributed by atoms with Crippen LogP contribution in [0.25, 0.3) is 5.57 Å². The van der Waals surface area contributed by atoms with Crippen molar-refractivity contribution in [1.82, 2.24) is 4.90 Å². The highest BCUT2D eigenvalue weighted by Crippen LogP contribution is 2.48. The van der Waals surface area contributed by atoms with Gasteiger partial charge in [0.1, 0.15) is 17.1 Å². The Balaban J connectivity index is 1.79. The Morgan fingerprint density at radius 3 is 2.74 bits per heavy atom. The van der Waals surface area contributed by atoms with E-state index >= 15 is 0 Å².